The van der Waals surface area contributed by atoms with Crippen LogP contribution in [-0.2, 0) is 0 Å². The smallest absolute Gasteiger partial charge is 0.161 e. The van der Waals surface area contributed by atoms with Gasteiger partial charge in [-0.1, -0.05) is 103 Å². The molecule has 3 nitrogen and oxygen atoms in total. The number of para-hydroxylation sites is 2. The third-order valence-corrected chi connectivity index (χ3v) is 9.21. The maximum absolute atomic E-state index is 6.50. The standard InChI is InChI=1S/C42H25NO2/c1-2-10-30(11-3-1)43-36-15-7-6-13-33(36)42-40(43)35-25-29(22-24-37(35)44-42)26-17-19-28(20-18-26)31-14-8-16-38-39(31)34-23-21-27-9-4-5-12-32(27)41(34)45-38/h1-25H. The number of hydrogen-bond donors (Lipinski definition) is 0. The number of furan rings is 2. The molecule has 0 amide bonds. The zero-order chi connectivity index (χ0) is 29.5. The van der Waals surface area contributed by atoms with Gasteiger partial charge in [0, 0.05) is 32.6 Å². The van der Waals surface area contributed by atoms with Gasteiger partial charge in [-0.25, -0.2) is 0 Å². The molecular formula is C42H25NO2. The average Bonchev–Trinajstić information content (AvgIpc) is 3.77. The van der Waals surface area contributed by atoms with Crippen LogP contribution < -0.4 is 0 Å². The fraction of sp³-hybridized carbons (Fsp3) is 0. The molecule has 0 bridgehead atoms. The summed E-state index contributed by atoms with van der Waals surface area (Å²) < 4.78 is 15.3. The van der Waals surface area contributed by atoms with Crippen LogP contribution in [0.3, 0.4) is 0 Å². The second-order valence-corrected chi connectivity index (χ2v) is 11.7. The zero-order valence-corrected chi connectivity index (χ0v) is 24.2. The van der Waals surface area contributed by atoms with Gasteiger partial charge in [-0.2, -0.15) is 0 Å². The highest BCUT2D eigenvalue weighted by molar-refractivity contribution is 6.19. The number of rotatable bonds is 3. The van der Waals surface area contributed by atoms with Gasteiger partial charge < -0.3 is 13.4 Å². The lowest BCUT2D eigenvalue weighted by Crippen LogP contribution is -1.92. The average molecular weight is 576 g/mol. The molecular weight excluding hydrogens is 550 g/mol. The molecule has 0 saturated heterocycles. The Hall–Kier alpha value is -6.06. The summed E-state index contributed by atoms with van der Waals surface area (Å²) in [5, 5.41) is 6.85. The van der Waals surface area contributed by atoms with Gasteiger partial charge in [0.25, 0.3) is 0 Å². The van der Waals surface area contributed by atoms with Crippen molar-refractivity contribution < 1.29 is 8.83 Å². The first-order valence-corrected chi connectivity index (χ1v) is 15.3. The largest absolute Gasteiger partial charge is 0.455 e. The maximum Gasteiger partial charge on any atom is 0.161 e. The number of benzene rings is 7. The predicted octanol–water partition coefficient (Wildman–Crippen LogP) is 11.9. The molecule has 7 aromatic carbocycles. The molecule has 10 rings (SSSR count). The molecule has 0 unspecified atom stereocenters. The summed E-state index contributed by atoms with van der Waals surface area (Å²) in [5.74, 6) is 0. The van der Waals surface area contributed by atoms with Crippen LogP contribution in [0, 0.1) is 0 Å². The molecule has 0 aliphatic rings. The molecule has 0 aliphatic heterocycles. The summed E-state index contributed by atoms with van der Waals surface area (Å²) >= 11 is 0. The van der Waals surface area contributed by atoms with Crippen LogP contribution in [0.2, 0.25) is 0 Å². The molecule has 45 heavy (non-hydrogen) atoms. The van der Waals surface area contributed by atoms with E-state index in [1.54, 1.807) is 0 Å². The van der Waals surface area contributed by atoms with Crippen LogP contribution in [0.5, 0.6) is 0 Å². The Balaban J connectivity index is 1.12. The third kappa shape index (κ3) is 3.52. The van der Waals surface area contributed by atoms with Crippen molar-refractivity contribution in [3.63, 3.8) is 0 Å². The van der Waals surface area contributed by atoms with Crippen molar-refractivity contribution in [1.82, 2.24) is 4.57 Å². The Morgan fingerprint density at radius 3 is 2.04 bits per heavy atom. The van der Waals surface area contributed by atoms with E-state index < -0.39 is 0 Å². The van der Waals surface area contributed by atoms with Gasteiger partial charge in [0.15, 0.2) is 5.58 Å². The van der Waals surface area contributed by atoms with Crippen molar-refractivity contribution in [2.45, 2.75) is 0 Å². The second kappa shape index (κ2) is 9.22. The minimum atomic E-state index is 0.891. The zero-order valence-electron chi connectivity index (χ0n) is 24.2. The van der Waals surface area contributed by atoms with E-state index in [0.29, 0.717) is 0 Å². The highest BCUT2D eigenvalue weighted by Crippen LogP contribution is 2.42. The van der Waals surface area contributed by atoms with E-state index in [1.165, 1.54) is 10.9 Å². The number of hydrogen-bond acceptors (Lipinski definition) is 2. The first kappa shape index (κ1) is 24.4. The Bertz CT molecular complexity index is 2740. The summed E-state index contributed by atoms with van der Waals surface area (Å²) in [6, 6.07) is 53.5. The lowest BCUT2D eigenvalue weighted by Gasteiger charge is -2.08. The molecule has 0 saturated carbocycles. The molecule has 0 N–H and O–H groups in total. The van der Waals surface area contributed by atoms with Crippen LogP contribution in [0.4, 0.5) is 0 Å². The van der Waals surface area contributed by atoms with Gasteiger partial charge in [0.05, 0.1) is 5.52 Å². The Labute approximate surface area is 258 Å². The highest BCUT2D eigenvalue weighted by Gasteiger charge is 2.20. The lowest BCUT2D eigenvalue weighted by molar-refractivity contribution is 0.672. The van der Waals surface area contributed by atoms with Crippen LogP contribution >= 0.6 is 0 Å². The number of aromatic nitrogens is 1. The van der Waals surface area contributed by atoms with Crippen molar-refractivity contribution in [2.75, 3.05) is 0 Å². The van der Waals surface area contributed by atoms with Crippen molar-refractivity contribution in [1.29, 1.82) is 0 Å². The van der Waals surface area contributed by atoms with Gasteiger partial charge in [0.2, 0.25) is 0 Å². The van der Waals surface area contributed by atoms with Crippen LogP contribution in [-0.4, -0.2) is 4.57 Å². The number of fused-ring (bicyclic) bond motifs is 10. The fourth-order valence-corrected chi connectivity index (χ4v) is 7.13. The van der Waals surface area contributed by atoms with Crippen molar-refractivity contribution in [3.8, 4) is 27.9 Å². The second-order valence-electron chi connectivity index (χ2n) is 11.7. The quantitative estimate of drug-likeness (QED) is 0.210. The van der Waals surface area contributed by atoms with E-state index in [9.17, 15) is 0 Å². The van der Waals surface area contributed by atoms with Crippen LogP contribution in [0.25, 0.3) is 93.6 Å². The van der Waals surface area contributed by atoms with Crippen molar-refractivity contribution in [2.24, 2.45) is 0 Å². The molecule has 0 radical (unpaired) electrons. The van der Waals surface area contributed by atoms with E-state index in [1.807, 2.05) is 0 Å². The topological polar surface area (TPSA) is 31.2 Å². The predicted molar refractivity (Wildman–Crippen MR) is 186 cm³/mol. The van der Waals surface area contributed by atoms with Crippen molar-refractivity contribution in [3.05, 3.63) is 152 Å². The molecule has 0 spiro atoms. The molecule has 0 aliphatic carbocycles. The van der Waals surface area contributed by atoms with E-state index in [4.69, 9.17) is 8.83 Å². The van der Waals surface area contributed by atoms with Crippen LogP contribution in [0.15, 0.2) is 160 Å². The summed E-state index contributed by atoms with van der Waals surface area (Å²) in [4.78, 5) is 0. The van der Waals surface area contributed by atoms with E-state index in [2.05, 4.69) is 156 Å². The SMILES string of the molecule is c1ccc(-n2c3ccccc3c3oc4ccc(-c5ccc(-c6cccc7oc8c9ccccc9ccc8c67)cc5)cc4c32)cc1. The summed E-state index contributed by atoms with van der Waals surface area (Å²) in [7, 11) is 0. The van der Waals surface area contributed by atoms with Crippen molar-refractivity contribution >= 4 is 65.7 Å². The van der Waals surface area contributed by atoms with Crippen LogP contribution in [0.1, 0.15) is 0 Å². The summed E-state index contributed by atoms with van der Waals surface area (Å²) in [6.45, 7) is 0. The molecule has 0 fully saturated rings. The Kier molecular flexibility index (Phi) is 5.00. The Morgan fingerprint density at radius 1 is 0.422 bits per heavy atom. The summed E-state index contributed by atoms with van der Waals surface area (Å²) in [5.41, 5.74) is 11.7. The fourth-order valence-electron chi connectivity index (χ4n) is 7.13. The highest BCUT2D eigenvalue weighted by atomic mass is 16.3. The van der Waals surface area contributed by atoms with E-state index in [0.717, 1.165) is 82.7 Å². The number of nitrogens with zero attached hydrogens (tertiary/aromatic N) is 1. The summed E-state index contributed by atoms with van der Waals surface area (Å²) in [6.07, 6.45) is 0. The van der Waals surface area contributed by atoms with Gasteiger partial charge in [-0.05, 0) is 76.2 Å². The molecule has 3 aromatic heterocycles. The third-order valence-electron chi connectivity index (χ3n) is 9.21. The van der Waals surface area contributed by atoms with E-state index in [-0.39, 0.29) is 0 Å². The maximum atomic E-state index is 6.50. The van der Waals surface area contributed by atoms with E-state index >= 15 is 0 Å². The minimum Gasteiger partial charge on any atom is -0.455 e. The van der Waals surface area contributed by atoms with Gasteiger partial charge in [0.1, 0.15) is 22.3 Å². The minimum absolute atomic E-state index is 0.891. The molecule has 3 heteroatoms. The molecule has 3 heterocycles. The first-order valence-electron chi connectivity index (χ1n) is 15.3. The van der Waals surface area contributed by atoms with Gasteiger partial charge >= 0.3 is 0 Å². The monoisotopic (exact) mass is 575 g/mol. The van der Waals surface area contributed by atoms with Gasteiger partial charge in [-0.15, -0.1) is 0 Å². The normalized spacial score (nSPS) is 12.0. The van der Waals surface area contributed by atoms with Gasteiger partial charge in [-0.3, -0.25) is 0 Å². The first-order chi connectivity index (χ1) is 22.3. The lowest BCUT2D eigenvalue weighted by atomic mass is 9.96. The molecule has 10 aromatic rings. The molecule has 210 valence electrons. The Morgan fingerprint density at radius 2 is 1.16 bits per heavy atom. The molecule has 0 atom stereocenters.